The van der Waals surface area contributed by atoms with Crippen LogP contribution in [0.15, 0.2) is 30.3 Å². The molecule has 0 atom stereocenters. The van der Waals surface area contributed by atoms with Crippen molar-refractivity contribution in [1.82, 2.24) is 0 Å². The van der Waals surface area contributed by atoms with E-state index in [2.05, 4.69) is 0 Å². The van der Waals surface area contributed by atoms with Crippen molar-refractivity contribution in [2.75, 3.05) is 14.2 Å². The van der Waals surface area contributed by atoms with E-state index in [0.29, 0.717) is 6.42 Å². The van der Waals surface area contributed by atoms with E-state index < -0.39 is 5.79 Å². The van der Waals surface area contributed by atoms with Gasteiger partial charge in [-0.1, -0.05) is 30.3 Å². The minimum Gasteiger partial charge on any atom is -0.347 e. The molecule has 0 radical (unpaired) electrons. The van der Waals surface area contributed by atoms with Crippen LogP contribution < -0.4 is 0 Å². The van der Waals surface area contributed by atoms with Crippen molar-refractivity contribution in [3.05, 3.63) is 35.9 Å². The Hall–Kier alpha value is -1.19. The summed E-state index contributed by atoms with van der Waals surface area (Å²) in [5.74, 6) is -1.23. The van der Waals surface area contributed by atoms with Gasteiger partial charge in [0, 0.05) is 20.6 Å². The van der Waals surface area contributed by atoms with Gasteiger partial charge in [-0.25, -0.2) is 0 Å². The molecule has 0 saturated heterocycles. The Bertz CT molecular complexity index is 315. The number of hydrogen-bond donors (Lipinski definition) is 0. The van der Waals surface area contributed by atoms with E-state index in [4.69, 9.17) is 9.47 Å². The maximum atomic E-state index is 11.8. The van der Waals surface area contributed by atoms with Gasteiger partial charge in [-0.15, -0.1) is 0 Å². The van der Waals surface area contributed by atoms with Crippen molar-refractivity contribution in [2.24, 2.45) is 0 Å². The molecule has 0 unspecified atom stereocenters. The fourth-order valence-electron chi connectivity index (χ4n) is 1.25. The predicted octanol–water partition coefficient (Wildman–Crippen LogP) is 1.81. The predicted molar refractivity (Wildman–Crippen MR) is 57.6 cm³/mol. The lowest BCUT2D eigenvalue weighted by Gasteiger charge is -2.24. The number of rotatable bonds is 5. The average Bonchev–Trinajstić information content (AvgIpc) is 2.29. The van der Waals surface area contributed by atoms with Gasteiger partial charge in [0.1, 0.15) is 0 Å². The van der Waals surface area contributed by atoms with Gasteiger partial charge in [-0.3, -0.25) is 4.79 Å². The lowest BCUT2D eigenvalue weighted by atomic mass is 10.0. The fraction of sp³-hybridized carbons (Fsp3) is 0.417. The zero-order valence-corrected chi connectivity index (χ0v) is 9.32. The minimum atomic E-state index is -1.14. The van der Waals surface area contributed by atoms with Crippen molar-refractivity contribution in [1.29, 1.82) is 0 Å². The highest BCUT2D eigenvalue weighted by molar-refractivity contribution is 5.87. The minimum absolute atomic E-state index is 0.0845. The molecule has 0 aromatic heterocycles. The highest BCUT2D eigenvalue weighted by Gasteiger charge is 2.32. The van der Waals surface area contributed by atoms with Crippen LogP contribution in [-0.2, 0) is 20.7 Å². The van der Waals surface area contributed by atoms with Gasteiger partial charge in [-0.05, 0) is 12.5 Å². The summed E-state index contributed by atoms with van der Waals surface area (Å²) in [6.45, 7) is 1.62. The van der Waals surface area contributed by atoms with Crippen LogP contribution in [0.2, 0.25) is 0 Å². The summed E-state index contributed by atoms with van der Waals surface area (Å²) in [5, 5.41) is 0. The molecule has 3 heteroatoms. The monoisotopic (exact) mass is 208 g/mol. The van der Waals surface area contributed by atoms with Gasteiger partial charge in [0.05, 0.1) is 0 Å². The fourth-order valence-corrected chi connectivity index (χ4v) is 1.25. The summed E-state index contributed by atoms with van der Waals surface area (Å²) < 4.78 is 10.1. The number of Topliss-reactive ketones (excluding diaryl/α,β-unsaturated/α-hetero) is 1. The molecule has 0 spiro atoms. The second kappa shape index (κ2) is 5.05. The summed E-state index contributed by atoms with van der Waals surface area (Å²) in [7, 11) is 2.93. The van der Waals surface area contributed by atoms with E-state index in [1.165, 1.54) is 14.2 Å². The van der Waals surface area contributed by atoms with Crippen molar-refractivity contribution < 1.29 is 14.3 Å². The SMILES string of the molecule is COC(C)(OC)C(=O)Cc1ccccc1. The zero-order valence-electron chi connectivity index (χ0n) is 9.32. The Labute approximate surface area is 90.0 Å². The van der Waals surface area contributed by atoms with Crippen LogP contribution in [0.5, 0.6) is 0 Å². The molecule has 15 heavy (non-hydrogen) atoms. The molecular weight excluding hydrogens is 192 g/mol. The molecule has 0 aliphatic heterocycles. The number of ketones is 1. The Balaban J connectivity index is 2.71. The molecule has 0 fully saturated rings. The molecule has 0 saturated carbocycles. The highest BCUT2D eigenvalue weighted by Crippen LogP contribution is 2.14. The third-order valence-corrected chi connectivity index (χ3v) is 2.49. The number of hydrogen-bond acceptors (Lipinski definition) is 3. The van der Waals surface area contributed by atoms with E-state index in [9.17, 15) is 4.79 Å². The zero-order chi connectivity index (χ0) is 11.3. The lowest BCUT2D eigenvalue weighted by Crippen LogP contribution is -2.40. The second-order valence-electron chi connectivity index (χ2n) is 3.44. The van der Waals surface area contributed by atoms with Crippen molar-refractivity contribution in [3.8, 4) is 0 Å². The number of benzene rings is 1. The van der Waals surface area contributed by atoms with E-state index in [-0.39, 0.29) is 5.78 Å². The summed E-state index contributed by atoms with van der Waals surface area (Å²) in [6.07, 6.45) is 0.318. The van der Waals surface area contributed by atoms with Crippen molar-refractivity contribution in [3.63, 3.8) is 0 Å². The Morgan fingerprint density at radius 3 is 2.20 bits per heavy atom. The van der Waals surface area contributed by atoms with Crippen LogP contribution >= 0.6 is 0 Å². The Morgan fingerprint density at radius 1 is 1.20 bits per heavy atom. The van der Waals surface area contributed by atoms with Crippen molar-refractivity contribution in [2.45, 2.75) is 19.1 Å². The molecule has 0 aliphatic rings. The number of carbonyl (C=O) groups excluding carboxylic acids is 1. The van der Waals surface area contributed by atoms with Crippen molar-refractivity contribution >= 4 is 5.78 Å². The summed E-state index contributed by atoms with van der Waals surface area (Å²) >= 11 is 0. The quantitative estimate of drug-likeness (QED) is 0.692. The standard InChI is InChI=1S/C12H16O3/c1-12(14-2,15-3)11(13)9-10-7-5-4-6-8-10/h4-8H,9H2,1-3H3. The molecule has 0 heterocycles. The van der Waals surface area contributed by atoms with E-state index in [0.717, 1.165) is 5.56 Å². The highest BCUT2D eigenvalue weighted by atomic mass is 16.7. The van der Waals surface area contributed by atoms with Crippen LogP contribution in [0, 0.1) is 0 Å². The third kappa shape index (κ3) is 2.88. The average molecular weight is 208 g/mol. The third-order valence-electron chi connectivity index (χ3n) is 2.49. The Morgan fingerprint density at radius 2 is 1.73 bits per heavy atom. The molecule has 0 aliphatic carbocycles. The largest absolute Gasteiger partial charge is 0.347 e. The van der Waals surface area contributed by atoms with Gasteiger partial charge >= 0.3 is 0 Å². The molecule has 0 N–H and O–H groups in total. The number of carbonyl (C=O) groups is 1. The second-order valence-corrected chi connectivity index (χ2v) is 3.44. The molecule has 1 aromatic carbocycles. The van der Waals surface area contributed by atoms with Crippen LogP contribution in [0.25, 0.3) is 0 Å². The summed E-state index contributed by atoms with van der Waals surface area (Å²) in [4.78, 5) is 11.8. The first kappa shape index (κ1) is 11.9. The molecule has 0 bridgehead atoms. The number of ether oxygens (including phenoxy) is 2. The van der Waals surface area contributed by atoms with E-state index in [1.54, 1.807) is 6.92 Å². The lowest BCUT2D eigenvalue weighted by molar-refractivity contribution is -0.198. The maximum Gasteiger partial charge on any atom is 0.225 e. The topological polar surface area (TPSA) is 35.5 Å². The maximum absolute atomic E-state index is 11.8. The van der Waals surface area contributed by atoms with Crippen LogP contribution in [0.3, 0.4) is 0 Å². The van der Waals surface area contributed by atoms with Gasteiger partial charge in [0.2, 0.25) is 5.79 Å². The molecule has 0 amide bonds. The smallest absolute Gasteiger partial charge is 0.225 e. The van der Waals surface area contributed by atoms with Crippen LogP contribution in [0.1, 0.15) is 12.5 Å². The normalized spacial score (nSPS) is 11.4. The first-order chi connectivity index (χ1) is 7.12. The van der Waals surface area contributed by atoms with Crippen LogP contribution in [-0.4, -0.2) is 25.8 Å². The van der Waals surface area contributed by atoms with Gasteiger partial charge in [0.15, 0.2) is 5.78 Å². The number of methoxy groups -OCH3 is 2. The first-order valence-electron chi connectivity index (χ1n) is 4.80. The van der Waals surface area contributed by atoms with E-state index >= 15 is 0 Å². The molecule has 1 rings (SSSR count). The summed E-state index contributed by atoms with van der Waals surface area (Å²) in [5.41, 5.74) is 0.961. The summed E-state index contributed by atoms with van der Waals surface area (Å²) in [6, 6.07) is 9.53. The van der Waals surface area contributed by atoms with Gasteiger partial charge in [-0.2, -0.15) is 0 Å². The van der Waals surface area contributed by atoms with Crippen LogP contribution in [0.4, 0.5) is 0 Å². The van der Waals surface area contributed by atoms with E-state index in [1.807, 2.05) is 30.3 Å². The molecule has 3 nitrogen and oxygen atoms in total. The molecular formula is C12H16O3. The molecule has 1 aromatic rings. The molecule has 82 valence electrons. The Kier molecular flexibility index (Phi) is 4.00. The first-order valence-corrected chi connectivity index (χ1v) is 4.80. The van der Waals surface area contributed by atoms with Gasteiger partial charge < -0.3 is 9.47 Å². The van der Waals surface area contributed by atoms with Gasteiger partial charge in [0.25, 0.3) is 0 Å².